The van der Waals surface area contributed by atoms with E-state index in [9.17, 15) is 5.11 Å². The molecule has 6 heteroatoms. The summed E-state index contributed by atoms with van der Waals surface area (Å²) in [6, 6.07) is 0. The second-order valence-corrected chi connectivity index (χ2v) is 4.43. The number of nitrogens with zero attached hydrogens (tertiary/aromatic N) is 3. The van der Waals surface area contributed by atoms with Crippen LogP contribution in [0.3, 0.4) is 0 Å². The monoisotopic (exact) mass is 257 g/mol. The zero-order valence-corrected chi connectivity index (χ0v) is 10.5. The first kappa shape index (κ1) is 12.5. The van der Waals surface area contributed by atoms with Crippen LogP contribution in [0.25, 0.3) is 0 Å². The topological polar surface area (TPSA) is 58.5 Å². The van der Waals surface area contributed by atoms with Crippen LogP contribution in [0.4, 0.5) is 5.82 Å². The Morgan fingerprint density at radius 3 is 3.12 bits per heavy atom. The Morgan fingerprint density at radius 1 is 1.59 bits per heavy atom. The van der Waals surface area contributed by atoms with Crippen molar-refractivity contribution in [1.82, 2.24) is 9.97 Å². The summed E-state index contributed by atoms with van der Waals surface area (Å²) < 4.78 is 5.37. The van der Waals surface area contributed by atoms with Gasteiger partial charge in [0.2, 0.25) is 0 Å². The highest BCUT2D eigenvalue weighted by atomic mass is 35.5. The van der Waals surface area contributed by atoms with E-state index >= 15 is 0 Å². The summed E-state index contributed by atoms with van der Waals surface area (Å²) in [5.41, 5.74) is 0.589. The molecule has 1 N–H and O–H groups in total. The highest BCUT2D eigenvalue weighted by Crippen LogP contribution is 2.26. The molecule has 17 heavy (non-hydrogen) atoms. The molecular weight excluding hydrogens is 242 g/mol. The van der Waals surface area contributed by atoms with E-state index in [0.717, 1.165) is 25.9 Å². The average molecular weight is 258 g/mol. The van der Waals surface area contributed by atoms with Crippen LogP contribution in [0.5, 0.6) is 0 Å². The number of ether oxygens (including phenoxy) is 1. The maximum absolute atomic E-state index is 9.33. The fourth-order valence-corrected chi connectivity index (χ4v) is 2.30. The van der Waals surface area contributed by atoms with Crippen molar-refractivity contribution in [2.75, 3.05) is 25.1 Å². The second-order valence-electron chi connectivity index (χ2n) is 4.07. The lowest BCUT2D eigenvalue weighted by atomic mass is 10.1. The van der Waals surface area contributed by atoms with Crippen LogP contribution in [0.15, 0.2) is 6.33 Å². The predicted octanol–water partition coefficient (Wildman–Crippen LogP) is 1.24. The van der Waals surface area contributed by atoms with Crippen molar-refractivity contribution in [1.29, 1.82) is 0 Å². The van der Waals surface area contributed by atoms with Crippen LogP contribution >= 0.6 is 11.6 Å². The molecule has 2 rings (SSSR count). The fraction of sp³-hybridized carbons (Fsp3) is 0.636. The third-order valence-corrected chi connectivity index (χ3v) is 3.36. The van der Waals surface area contributed by atoms with Crippen molar-refractivity contribution in [3.8, 4) is 0 Å². The molecule has 0 radical (unpaired) electrons. The van der Waals surface area contributed by atoms with E-state index in [1.54, 1.807) is 7.11 Å². The van der Waals surface area contributed by atoms with Gasteiger partial charge in [0, 0.05) is 20.2 Å². The van der Waals surface area contributed by atoms with Crippen LogP contribution in [-0.4, -0.2) is 41.4 Å². The maximum atomic E-state index is 9.33. The van der Waals surface area contributed by atoms with Crippen LogP contribution in [-0.2, 0) is 11.3 Å². The van der Waals surface area contributed by atoms with E-state index in [-0.39, 0.29) is 12.7 Å². The molecule has 94 valence electrons. The van der Waals surface area contributed by atoms with Crippen molar-refractivity contribution in [2.24, 2.45) is 0 Å². The van der Waals surface area contributed by atoms with Crippen LogP contribution in [0.1, 0.15) is 18.4 Å². The zero-order valence-electron chi connectivity index (χ0n) is 9.77. The van der Waals surface area contributed by atoms with E-state index < -0.39 is 0 Å². The first-order valence-electron chi connectivity index (χ1n) is 5.64. The van der Waals surface area contributed by atoms with Gasteiger partial charge in [0.1, 0.15) is 17.3 Å². The molecule has 1 saturated heterocycles. The number of aromatic nitrogens is 2. The Bertz CT molecular complexity index is 389. The van der Waals surface area contributed by atoms with Gasteiger partial charge in [-0.05, 0) is 12.8 Å². The number of halogens is 1. The maximum Gasteiger partial charge on any atom is 0.140 e. The zero-order chi connectivity index (χ0) is 12.3. The number of methoxy groups -OCH3 is 1. The standard InChI is InChI=1S/C11H16ClN3O2/c1-17-8-3-2-4-15(5-8)11-9(6-16)10(12)13-7-14-11/h7-8,16H,2-6H2,1H3. The van der Waals surface area contributed by atoms with Gasteiger partial charge in [-0.3, -0.25) is 0 Å². The molecule has 5 nitrogen and oxygen atoms in total. The molecule has 0 aliphatic carbocycles. The molecule has 0 saturated carbocycles. The van der Waals surface area contributed by atoms with Gasteiger partial charge in [-0.2, -0.15) is 0 Å². The van der Waals surface area contributed by atoms with E-state index in [1.165, 1.54) is 6.33 Å². The summed E-state index contributed by atoms with van der Waals surface area (Å²) in [6.45, 7) is 1.53. The Morgan fingerprint density at radius 2 is 2.41 bits per heavy atom. The largest absolute Gasteiger partial charge is 0.391 e. The number of hydrogen-bond donors (Lipinski definition) is 1. The summed E-state index contributed by atoms with van der Waals surface area (Å²) in [7, 11) is 1.72. The average Bonchev–Trinajstić information content (AvgIpc) is 2.38. The molecule has 2 heterocycles. The van der Waals surface area contributed by atoms with Crippen molar-refractivity contribution in [3.05, 3.63) is 17.0 Å². The SMILES string of the molecule is COC1CCCN(c2ncnc(Cl)c2CO)C1. The van der Waals surface area contributed by atoms with Gasteiger partial charge in [0.15, 0.2) is 0 Å². The highest BCUT2D eigenvalue weighted by Gasteiger charge is 2.23. The summed E-state index contributed by atoms with van der Waals surface area (Å²) in [5, 5.41) is 9.65. The summed E-state index contributed by atoms with van der Waals surface area (Å²) in [4.78, 5) is 10.2. The number of aliphatic hydroxyl groups excluding tert-OH is 1. The fourth-order valence-electron chi connectivity index (χ4n) is 2.11. The molecule has 1 atom stereocenters. The van der Waals surface area contributed by atoms with Gasteiger partial charge < -0.3 is 14.7 Å². The lowest BCUT2D eigenvalue weighted by molar-refractivity contribution is 0.0890. The summed E-state index contributed by atoms with van der Waals surface area (Å²) in [5.74, 6) is 0.717. The number of rotatable bonds is 3. The molecule has 0 bridgehead atoms. The normalized spacial score (nSPS) is 20.6. The predicted molar refractivity (Wildman–Crippen MR) is 65.2 cm³/mol. The quantitative estimate of drug-likeness (QED) is 0.826. The Labute approximate surface area is 105 Å². The Hall–Kier alpha value is -0.910. The van der Waals surface area contributed by atoms with Crippen molar-refractivity contribution >= 4 is 17.4 Å². The Balaban J connectivity index is 2.24. The lowest BCUT2D eigenvalue weighted by Gasteiger charge is -2.33. The molecule has 0 aromatic carbocycles. The summed E-state index contributed by atoms with van der Waals surface area (Å²) in [6.07, 6.45) is 3.74. The smallest absolute Gasteiger partial charge is 0.140 e. The third-order valence-electron chi connectivity index (χ3n) is 3.04. The molecule has 1 aromatic rings. The molecular formula is C11H16ClN3O2. The summed E-state index contributed by atoms with van der Waals surface area (Å²) >= 11 is 5.95. The van der Waals surface area contributed by atoms with Crippen LogP contribution in [0, 0.1) is 0 Å². The first-order valence-corrected chi connectivity index (χ1v) is 6.02. The minimum absolute atomic E-state index is 0.150. The van der Waals surface area contributed by atoms with Crippen molar-refractivity contribution < 1.29 is 9.84 Å². The van der Waals surface area contributed by atoms with Crippen LogP contribution < -0.4 is 4.90 Å². The van der Waals surface area contributed by atoms with Gasteiger partial charge in [-0.1, -0.05) is 11.6 Å². The van der Waals surface area contributed by atoms with E-state index in [2.05, 4.69) is 14.9 Å². The van der Waals surface area contributed by atoms with Gasteiger partial charge in [-0.15, -0.1) is 0 Å². The minimum atomic E-state index is -0.150. The molecule has 0 amide bonds. The van der Waals surface area contributed by atoms with Crippen LogP contribution in [0.2, 0.25) is 5.15 Å². The third kappa shape index (κ3) is 2.68. The van der Waals surface area contributed by atoms with E-state index in [4.69, 9.17) is 16.3 Å². The molecule has 1 aliphatic heterocycles. The van der Waals surface area contributed by atoms with Gasteiger partial charge in [0.25, 0.3) is 0 Å². The van der Waals surface area contributed by atoms with Gasteiger partial charge >= 0.3 is 0 Å². The van der Waals surface area contributed by atoms with Gasteiger partial charge in [-0.25, -0.2) is 9.97 Å². The molecule has 1 fully saturated rings. The molecule has 1 unspecified atom stereocenters. The Kier molecular flexibility index (Phi) is 4.15. The number of anilines is 1. The van der Waals surface area contributed by atoms with Gasteiger partial charge in [0.05, 0.1) is 18.3 Å². The van der Waals surface area contributed by atoms with E-state index in [1.807, 2.05) is 0 Å². The lowest BCUT2D eigenvalue weighted by Crippen LogP contribution is -2.40. The molecule has 0 spiro atoms. The first-order chi connectivity index (χ1) is 8.26. The highest BCUT2D eigenvalue weighted by molar-refractivity contribution is 6.30. The van der Waals surface area contributed by atoms with Crippen molar-refractivity contribution in [3.63, 3.8) is 0 Å². The number of aliphatic hydroxyl groups is 1. The number of hydrogen-bond acceptors (Lipinski definition) is 5. The second kappa shape index (κ2) is 5.62. The molecule has 1 aliphatic rings. The van der Waals surface area contributed by atoms with E-state index in [0.29, 0.717) is 16.5 Å². The molecule has 1 aromatic heterocycles. The van der Waals surface area contributed by atoms with Crippen molar-refractivity contribution in [2.45, 2.75) is 25.6 Å². The number of piperidine rings is 1. The minimum Gasteiger partial charge on any atom is -0.391 e.